The molecule has 0 saturated carbocycles. The highest BCUT2D eigenvalue weighted by molar-refractivity contribution is 7.20. The molecule has 4 rings (SSSR count). The van der Waals surface area contributed by atoms with E-state index in [1.165, 1.54) is 11.3 Å². The highest BCUT2D eigenvalue weighted by atomic mass is 35.5. The van der Waals surface area contributed by atoms with Crippen molar-refractivity contribution >= 4 is 50.7 Å². The summed E-state index contributed by atoms with van der Waals surface area (Å²) in [5.41, 5.74) is 2.80. The number of fused-ring (bicyclic) bond motifs is 1. The average molecular weight is 448 g/mol. The van der Waals surface area contributed by atoms with Gasteiger partial charge in [0, 0.05) is 47.8 Å². The molecule has 3 aromatic heterocycles. The van der Waals surface area contributed by atoms with Gasteiger partial charge in [-0.2, -0.15) is 10.2 Å². The van der Waals surface area contributed by atoms with Crippen molar-refractivity contribution in [2.75, 3.05) is 7.05 Å². The first-order valence-electron chi connectivity index (χ1n) is 8.95. The lowest BCUT2D eigenvalue weighted by atomic mass is 10.2. The minimum atomic E-state index is -0.0227. The summed E-state index contributed by atoms with van der Waals surface area (Å²) >= 11 is 13.8. The number of amides is 1. The number of hydrogen-bond acceptors (Lipinski definition) is 4. The molecule has 6 nitrogen and oxygen atoms in total. The van der Waals surface area contributed by atoms with Gasteiger partial charge in [0.15, 0.2) is 0 Å². The van der Waals surface area contributed by atoms with E-state index in [4.69, 9.17) is 23.2 Å². The molecule has 150 valence electrons. The first-order chi connectivity index (χ1) is 13.8. The highest BCUT2D eigenvalue weighted by Crippen LogP contribution is 2.31. The number of nitrogens with zero attached hydrogens (tertiary/aromatic N) is 5. The number of aromatic nitrogens is 4. The van der Waals surface area contributed by atoms with Gasteiger partial charge in [0.25, 0.3) is 5.91 Å². The van der Waals surface area contributed by atoms with Gasteiger partial charge in [-0.3, -0.25) is 14.2 Å². The molecule has 0 bridgehead atoms. The molecule has 0 spiro atoms. The Morgan fingerprint density at radius 3 is 2.76 bits per heavy atom. The van der Waals surface area contributed by atoms with E-state index in [-0.39, 0.29) is 5.91 Å². The van der Waals surface area contributed by atoms with Crippen molar-refractivity contribution in [3.05, 3.63) is 68.4 Å². The van der Waals surface area contributed by atoms with Crippen LogP contribution in [0.3, 0.4) is 0 Å². The van der Waals surface area contributed by atoms with Crippen molar-refractivity contribution in [1.29, 1.82) is 0 Å². The Labute approximate surface area is 182 Å². The monoisotopic (exact) mass is 447 g/mol. The van der Waals surface area contributed by atoms with Crippen LogP contribution in [0.15, 0.2) is 36.7 Å². The molecule has 1 amide bonds. The SMILES string of the molecule is Cc1nn(Cc2ccc(Cl)cc2Cl)c2sc(C(=O)N(C)Cc3cnn(C)c3)cc12. The number of benzene rings is 1. The molecule has 0 aliphatic rings. The van der Waals surface area contributed by atoms with Crippen LogP contribution in [0.25, 0.3) is 10.2 Å². The number of rotatable bonds is 5. The lowest BCUT2D eigenvalue weighted by Crippen LogP contribution is -2.25. The lowest BCUT2D eigenvalue weighted by Gasteiger charge is -2.14. The fraction of sp³-hybridized carbons (Fsp3) is 0.250. The van der Waals surface area contributed by atoms with E-state index < -0.39 is 0 Å². The van der Waals surface area contributed by atoms with Crippen molar-refractivity contribution in [2.45, 2.75) is 20.0 Å². The summed E-state index contributed by atoms with van der Waals surface area (Å²) in [6.45, 7) is 2.97. The van der Waals surface area contributed by atoms with Gasteiger partial charge in [-0.1, -0.05) is 29.3 Å². The quantitative estimate of drug-likeness (QED) is 0.442. The van der Waals surface area contributed by atoms with Gasteiger partial charge in [0.2, 0.25) is 0 Å². The molecule has 3 heterocycles. The summed E-state index contributed by atoms with van der Waals surface area (Å²) < 4.78 is 3.62. The molecule has 0 aliphatic heterocycles. The third-order valence-corrected chi connectivity index (χ3v) is 6.40. The molecule has 0 N–H and O–H groups in total. The van der Waals surface area contributed by atoms with E-state index in [0.29, 0.717) is 28.0 Å². The Morgan fingerprint density at radius 1 is 1.28 bits per heavy atom. The van der Waals surface area contributed by atoms with Crippen molar-refractivity contribution in [1.82, 2.24) is 24.5 Å². The van der Waals surface area contributed by atoms with Crippen LogP contribution < -0.4 is 0 Å². The molecule has 0 radical (unpaired) electrons. The van der Waals surface area contributed by atoms with Crippen molar-refractivity contribution in [3.63, 3.8) is 0 Å². The number of carbonyl (C=O) groups excluding carboxylic acids is 1. The van der Waals surface area contributed by atoms with Crippen molar-refractivity contribution < 1.29 is 4.79 Å². The highest BCUT2D eigenvalue weighted by Gasteiger charge is 2.20. The maximum atomic E-state index is 12.9. The molecular formula is C20H19Cl2N5OS. The van der Waals surface area contributed by atoms with Crippen LogP contribution in [0.4, 0.5) is 0 Å². The molecule has 0 aliphatic carbocycles. The Bertz CT molecular complexity index is 1210. The van der Waals surface area contributed by atoms with Gasteiger partial charge >= 0.3 is 0 Å². The van der Waals surface area contributed by atoms with E-state index in [1.807, 2.05) is 43.0 Å². The van der Waals surface area contributed by atoms with E-state index in [0.717, 1.165) is 27.0 Å². The molecule has 0 saturated heterocycles. The zero-order chi connectivity index (χ0) is 20.7. The molecule has 0 fully saturated rings. The molecule has 9 heteroatoms. The van der Waals surface area contributed by atoms with E-state index in [9.17, 15) is 4.79 Å². The topological polar surface area (TPSA) is 56.0 Å². The summed E-state index contributed by atoms with van der Waals surface area (Å²) in [5.74, 6) is -0.0227. The van der Waals surface area contributed by atoms with Crippen LogP contribution in [-0.2, 0) is 20.1 Å². The number of halogens is 2. The fourth-order valence-corrected chi connectivity index (χ4v) is 4.85. The number of carbonyl (C=O) groups is 1. The Hall–Kier alpha value is -2.35. The lowest BCUT2D eigenvalue weighted by molar-refractivity contribution is 0.0790. The number of hydrogen-bond donors (Lipinski definition) is 0. The Kier molecular flexibility index (Phi) is 5.38. The smallest absolute Gasteiger partial charge is 0.264 e. The molecule has 0 atom stereocenters. The minimum Gasteiger partial charge on any atom is -0.337 e. The Morgan fingerprint density at radius 2 is 2.07 bits per heavy atom. The van der Waals surface area contributed by atoms with Gasteiger partial charge in [0.1, 0.15) is 4.83 Å². The molecule has 4 aromatic rings. The zero-order valence-corrected chi connectivity index (χ0v) is 18.5. The van der Waals surface area contributed by atoms with E-state index in [2.05, 4.69) is 10.2 Å². The largest absolute Gasteiger partial charge is 0.337 e. The summed E-state index contributed by atoms with van der Waals surface area (Å²) in [5, 5.41) is 11.0. The van der Waals surface area contributed by atoms with Crippen LogP contribution in [0.1, 0.15) is 26.5 Å². The minimum absolute atomic E-state index is 0.0227. The third-order valence-electron chi connectivity index (χ3n) is 4.68. The van der Waals surface area contributed by atoms with Crippen LogP contribution in [-0.4, -0.2) is 37.4 Å². The summed E-state index contributed by atoms with van der Waals surface area (Å²) in [4.78, 5) is 16.3. The first-order valence-corrected chi connectivity index (χ1v) is 10.5. The maximum Gasteiger partial charge on any atom is 0.264 e. The maximum absolute atomic E-state index is 12.9. The average Bonchev–Trinajstić information content (AvgIpc) is 3.35. The van der Waals surface area contributed by atoms with Crippen LogP contribution >= 0.6 is 34.5 Å². The first kappa shape index (κ1) is 19.9. The predicted octanol–water partition coefficient (Wildman–Crippen LogP) is 4.77. The van der Waals surface area contributed by atoms with E-state index in [1.54, 1.807) is 28.9 Å². The molecule has 29 heavy (non-hydrogen) atoms. The summed E-state index contributed by atoms with van der Waals surface area (Å²) in [7, 11) is 3.66. The molecule has 1 aromatic carbocycles. The molecule has 0 unspecified atom stereocenters. The summed E-state index contributed by atoms with van der Waals surface area (Å²) in [6, 6.07) is 7.36. The summed E-state index contributed by atoms with van der Waals surface area (Å²) in [6.07, 6.45) is 3.68. The zero-order valence-electron chi connectivity index (χ0n) is 16.2. The van der Waals surface area contributed by atoms with Crippen LogP contribution in [0.5, 0.6) is 0 Å². The fourth-order valence-electron chi connectivity index (χ4n) is 3.22. The number of thiophene rings is 1. The number of aryl methyl sites for hydroxylation is 2. The third kappa shape index (κ3) is 4.03. The van der Waals surface area contributed by atoms with Gasteiger partial charge in [-0.15, -0.1) is 11.3 Å². The molecular weight excluding hydrogens is 429 g/mol. The van der Waals surface area contributed by atoms with Gasteiger partial charge in [-0.25, -0.2) is 0 Å². The van der Waals surface area contributed by atoms with Gasteiger partial charge in [0.05, 0.1) is 23.3 Å². The van der Waals surface area contributed by atoms with Crippen molar-refractivity contribution in [3.8, 4) is 0 Å². The van der Waals surface area contributed by atoms with Crippen LogP contribution in [0, 0.1) is 6.92 Å². The standard InChI is InChI=1S/C20H19Cl2N5OS/c1-12-16-7-18(19(28)25(2)9-13-8-23-26(3)10-13)29-20(16)27(24-12)11-14-4-5-15(21)6-17(14)22/h4-8,10H,9,11H2,1-3H3. The second-order valence-electron chi connectivity index (χ2n) is 6.99. The van der Waals surface area contributed by atoms with Gasteiger partial charge in [-0.05, 0) is 30.7 Å². The van der Waals surface area contributed by atoms with Gasteiger partial charge < -0.3 is 4.90 Å². The van der Waals surface area contributed by atoms with E-state index >= 15 is 0 Å². The Balaban J connectivity index is 1.60. The predicted molar refractivity (Wildman–Crippen MR) is 117 cm³/mol. The normalized spacial score (nSPS) is 11.3. The second kappa shape index (κ2) is 7.82. The van der Waals surface area contributed by atoms with Crippen molar-refractivity contribution in [2.24, 2.45) is 7.05 Å². The second-order valence-corrected chi connectivity index (χ2v) is 8.87. The van der Waals surface area contributed by atoms with Crippen LogP contribution in [0.2, 0.25) is 10.0 Å².